The normalized spacial score (nSPS) is 11.8. The second kappa shape index (κ2) is 4.96. The molecule has 0 spiro atoms. The second-order valence-electron chi connectivity index (χ2n) is 6.48. The van der Waals surface area contributed by atoms with E-state index in [0.717, 1.165) is 44.2 Å². The van der Waals surface area contributed by atoms with E-state index in [1.807, 2.05) is 36.5 Å². The van der Waals surface area contributed by atoms with E-state index < -0.39 is 0 Å². The molecule has 0 unspecified atom stereocenters. The van der Waals surface area contributed by atoms with E-state index in [9.17, 15) is 0 Å². The monoisotopic (exact) mass is 334 g/mol. The third kappa shape index (κ3) is 1.69. The first-order valence-corrected chi connectivity index (χ1v) is 8.66. The van der Waals surface area contributed by atoms with Crippen molar-refractivity contribution in [3.8, 4) is 5.82 Å². The molecule has 0 saturated carbocycles. The average molecular weight is 334 g/mol. The minimum Gasteiger partial charge on any atom is -0.455 e. The van der Waals surface area contributed by atoms with Gasteiger partial charge < -0.3 is 4.42 Å². The van der Waals surface area contributed by atoms with Gasteiger partial charge in [0.15, 0.2) is 0 Å². The van der Waals surface area contributed by atoms with Gasteiger partial charge in [-0.3, -0.25) is 4.57 Å². The summed E-state index contributed by atoms with van der Waals surface area (Å²) in [7, 11) is 0. The Labute approximate surface area is 149 Å². The Morgan fingerprint density at radius 3 is 2.35 bits per heavy atom. The Morgan fingerprint density at radius 1 is 0.654 bits per heavy atom. The van der Waals surface area contributed by atoms with Gasteiger partial charge in [-0.25, -0.2) is 4.98 Å². The van der Waals surface area contributed by atoms with Gasteiger partial charge in [0.25, 0.3) is 0 Å². The molecule has 0 amide bonds. The lowest BCUT2D eigenvalue weighted by molar-refractivity contribution is 0.673. The smallest absolute Gasteiger partial charge is 0.145 e. The average Bonchev–Trinajstić information content (AvgIpc) is 3.24. The van der Waals surface area contributed by atoms with Crippen LogP contribution in [0.15, 0.2) is 89.5 Å². The van der Waals surface area contributed by atoms with Crippen molar-refractivity contribution in [3.05, 3.63) is 85.1 Å². The van der Waals surface area contributed by atoms with E-state index in [2.05, 4.69) is 58.1 Å². The quantitative estimate of drug-likeness (QED) is 0.365. The number of para-hydroxylation sites is 2. The predicted molar refractivity (Wildman–Crippen MR) is 106 cm³/mol. The largest absolute Gasteiger partial charge is 0.455 e. The van der Waals surface area contributed by atoms with Crippen molar-refractivity contribution in [2.24, 2.45) is 0 Å². The van der Waals surface area contributed by atoms with Crippen LogP contribution in [0.2, 0.25) is 0 Å². The molecule has 0 N–H and O–H groups in total. The molecule has 0 bridgehead atoms. The molecule has 0 aliphatic heterocycles. The Hall–Kier alpha value is -3.59. The molecule has 3 aromatic carbocycles. The van der Waals surface area contributed by atoms with Crippen molar-refractivity contribution in [2.75, 3.05) is 0 Å². The third-order valence-corrected chi connectivity index (χ3v) is 5.06. The van der Waals surface area contributed by atoms with Crippen LogP contribution < -0.4 is 0 Å². The van der Waals surface area contributed by atoms with Gasteiger partial charge in [-0.05, 0) is 36.4 Å². The molecule has 122 valence electrons. The molecule has 0 radical (unpaired) electrons. The molecule has 3 heterocycles. The van der Waals surface area contributed by atoms with Crippen LogP contribution in [0.5, 0.6) is 0 Å². The van der Waals surface area contributed by atoms with Gasteiger partial charge in [-0.2, -0.15) is 0 Å². The van der Waals surface area contributed by atoms with E-state index in [1.165, 1.54) is 5.39 Å². The zero-order chi connectivity index (χ0) is 17.1. The van der Waals surface area contributed by atoms with Gasteiger partial charge in [-0.15, -0.1) is 0 Å². The molecule has 0 atom stereocenters. The maximum Gasteiger partial charge on any atom is 0.145 e. The summed E-state index contributed by atoms with van der Waals surface area (Å²) < 4.78 is 8.49. The van der Waals surface area contributed by atoms with E-state index in [1.54, 1.807) is 0 Å². The first-order chi connectivity index (χ1) is 12.9. The highest BCUT2D eigenvalue weighted by Crippen LogP contribution is 2.39. The minimum absolute atomic E-state index is 0.911. The lowest BCUT2D eigenvalue weighted by Gasteiger charge is -2.05. The Morgan fingerprint density at radius 2 is 1.46 bits per heavy atom. The van der Waals surface area contributed by atoms with Crippen molar-refractivity contribution in [2.45, 2.75) is 0 Å². The van der Waals surface area contributed by atoms with E-state index in [0.29, 0.717) is 0 Å². The molecule has 0 saturated heterocycles. The van der Waals surface area contributed by atoms with Gasteiger partial charge in [0.2, 0.25) is 0 Å². The summed E-state index contributed by atoms with van der Waals surface area (Å²) in [6.45, 7) is 0. The number of hydrogen-bond donors (Lipinski definition) is 0. The van der Waals surface area contributed by atoms with Crippen LogP contribution in [0.3, 0.4) is 0 Å². The molecule has 3 nitrogen and oxygen atoms in total. The lowest BCUT2D eigenvalue weighted by atomic mass is 10.1. The van der Waals surface area contributed by atoms with E-state index >= 15 is 0 Å². The SMILES string of the molecule is c1ccc(-n2c3ccccc3c3c4oc5ccccc5c4ccc32)nc1. The molecule has 26 heavy (non-hydrogen) atoms. The predicted octanol–water partition coefficient (Wildman–Crippen LogP) is 6.08. The topological polar surface area (TPSA) is 31.0 Å². The summed E-state index contributed by atoms with van der Waals surface area (Å²) in [5.74, 6) is 0.911. The van der Waals surface area contributed by atoms with Gasteiger partial charge in [-0.1, -0.05) is 42.5 Å². The molecule has 0 fully saturated rings. The van der Waals surface area contributed by atoms with Crippen molar-refractivity contribution >= 4 is 43.7 Å². The molecule has 0 aliphatic carbocycles. The summed E-state index contributed by atoms with van der Waals surface area (Å²) in [6, 6.07) is 27.0. The maximum atomic E-state index is 6.29. The van der Waals surface area contributed by atoms with Crippen molar-refractivity contribution < 1.29 is 4.42 Å². The second-order valence-corrected chi connectivity index (χ2v) is 6.48. The van der Waals surface area contributed by atoms with Gasteiger partial charge >= 0.3 is 0 Å². The van der Waals surface area contributed by atoms with Crippen LogP contribution in [0.25, 0.3) is 49.6 Å². The van der Waals surface area contributed by atoms with Crippen LogP contribution >= 0.6 is 0 Å². The summed E-state index contributed by atoms with van der Waals surface area (Å²) in [4.78, 5) is 4.58. The standard InChI is InChI=1S/C23H14N2O/c1-3-9-18-17(8-1)22-19(25(18)21-11-5-6-14-24-21)13-12-16-15-7-2-4-10-20(15)26-23(16)22/h1-14H. The fourth-order valence-corrected chi connectivity index (χ4v) is 3.97. The number of rotatable bonds is 1. The maximum absolute atomic E-state index is 6.29. The first kappa shape index (κ1) is 13.7. The van der Waals surface area contributed by atoms with Gasteiger partial charge in [0.1, 0.15) is 17.0 Å². The zero-order valence-electron chi connectivity index (χ0n) is 13.9. The van der Waals surface area contributed by atoms with Crippen molar-refractivity contribution in [1.82, 2.24) is 9.55 Å². The fraction of sp³-hybridized carbons (Fsp3) is 0. The Kier molecular flexibility index (Phi) is 2.61. The molecule has 6 rings (SSSR count). The molecule has 3 aromatic heterocycles. The van der Waals surface area contributed by atoms with Crippen LogP contribution in [-0.2, 0) is 0 Å². The van der Waals surface area contributed by atoms with Gasteiger partial charge in [0, 0.05) is 22.4 Å². The fourth-order valence-electron chi connectivity index (χ4n) is 3.97. The highest BCUT2D eigenvalue weighted by molar-refractivity contribution is 6.23. The zero-order valence-corrected chi connectivity index (χ0v) is 13.9. The molecular formula is C23H14N2O. The summed E-state index contributed by atoms with van der Waals surface area (Å²) in [5.41, 5.74) is 4.10. The number of pyridine rings is 1. The number of nitrogens with zero attached hydrogens (tertiary/aromatic N) is 2. The van der Waals surface area contributed by atoms with Gasteiger partial charge in [0.05, 0.1) is 16.4 Å². The van der Waals surface area contributed by atoms with Crippen LogP contribution in [0, 0.1) is 0 Å². The molecular weight excluding hydrogens is 320 g/mol. The summed E-state index contributed by atoms with van der Waals surface area (Å²) in [6.07, 6.45) is 1.83. The Balaban J connectivity index is 1.89. The number of furan rings is 1. The van der Waals surface area contributed by atoms with E-state index in [-0.39, 0.29) is 0 Å². The van der Waals surface area contributed by atoms with E-state index in [4.69, 9.17) is 4.42 Å². The third-order valence-electron chi connectivity index (χ3n) is 5.06. The molecule has 6 aromatic rings. The number of benzene rings is 3. The Bertz CT molecular complexity index is 1420. The van der Waals surface area contributed by atoms with Crippen LogP contribution in [0.1, 0.15) is 0 Å². The summed E-state index contributed by atoms with van der Waals surface area (Å²) in [5, 5.41) is 4.62. The lowest BCUT2D eigenvalue weighted by Crippen LogP contribution is -1.95. The van der Waals surface area contributed by atoms with Crippen LogP contribution in [0.4, 0.5) is 0 Å². The molecule has 0 aliphatic rings. The number of hydrogen-bond acceptors (Lipinski definition) is 2. The number of aromatic nitrogens is 2. The minimum atomic E-state index is 0.911. The number of fused-ring (bicyclic) bond motifs is 7. The molecule has 3 heteroatoms. The highest BCUT2D eigenvalue weighted by Gasteiger charge is 2.18. The van der Waals surface area contributed by atoms with Crippen LogP contribution in [-0.4, -0.2) is 9.55 Å². The van der Waals surface area contributed by atoms with Crippen molar-refractivity contribution in [1.29, 1.82) is 0 Å². The summed E-state index contributed by atoms with van der Waals surface area (Å²) >= 11 is 0. The highest BCUT2D eigenvalue weighted by atomic mass is 16.3. The van der Waals surface area contributed by atoms with Crippen molar-refractivity contribution in [3.63, 3.8) is 0 Å². The first-order valence-electron chi connectivity index (χ1n) is 8.66.